The number of nitrogens with zero attached hydrogens (tertiary/aromatic N) is 1. The van der Waals surface area contributed by atoms with Crippen molar-refractivity contribution < 1.29 is 23.9 Å². The lowest BCUT2D eigenvalue weighted by Crippen LogP contribution is -2.33. The highest BCUT2D eigenvalue weighted by molar-refractivity contribution is 6.00. The van der Waals surface area contributed by atoms with Gasteiger partial charge in [0.1, 0.15) is 5.75 Å². The number of rotatable bonds is 7. The maximum atomic E-state index is 12.6. The van der Waals surface area contributed by atoms with E-state index < -0.39 is 23.9 Å². The van der Waals surface area contributed by atoms with Crippen LogP contribution in [-0.4, -0.2) is 37.0 Å². The molecule has 2 amide bonds. The molecule has 0 bridgehead atoms. The zero-order chi connectivity index (χ0) is 22.5. The molecule has 0 radical (unpaired) electrons. The Morgan fingerprint density at radius 1 is 1.16 bits per heavy atom. The standard InChI is InChI=1S/C24H28N2O5/c1-5-30-20-9-7-19(8-10-20)26-14-18(13-22(26)27)24(29)31-17(4)23(28)25-21-11-6-15(2)12-16(21)3/h6-12,17-18H,5,13-14H2,1-4H3,(H,25,28). The average molecular weight is 424 g/mol. The summed E-state index contributed by atoms with van der Waals surface area (Å²) in [4.78, 5) is 39.0. The van der Waals surface area contributed by atoms with Crippen molar-refractivity contribution in [2.45, 2.75) is 40.2 Å². The lowest BCUT2D eigenvalue weighted by Gasteiger charge is -2.18. The summed E-state index contributed by atoms with van der Waals surface area (Å²) in [6.45, 7) is 8.08. The zero-order valence-electron chi connectivity index (χ0n) is 18.3. The Bertz CT molecular complexity index is 970. The molecule has 1 fully saturated rings. The van der Waals surface area contributed by atoms with Gasteiger partial charge in [0.25, 0.3) is 5.91 Å². The molecule has 1 saturated heterocycles. The predicted octanol–water partition coefficient (Wildman–Crippen LogP) is 3.63. The monoisotopic (exact) mass is 424 g/mol. The maximum absolute atomic E-state index is 12.6. The van der Waals surface area contributed by atoms with Crippen LogP contribution in [0.5, 0.6) is 5.75 Å². The van der Waals surface area contributed by atoms with Gasteiger partial charge >= 0.3 is 5.97 Å². The first-order valence-electron chi connectivity index (χ1n) is 10.4. The van der Waals surface area contributed by atoms with Gasteiger partial charge in [0.2, 0.25) is 5.91 Å². The van der Waals surface area contributed by atoms with Gasteiger partial charge in [0.15, 0.2) is 6.10 Å². The van der Waals surface area contributed by atoms with E-state index in [4.69, 9.17) is 9.47 Å². The fraction of sp³-hybridized carbons (Fsp3) is 0.375. The highest BCUT2D eigenvalue weighted by atomic mass is 16.5. The number of aryl methyl sites for hydroxylation is 2. The van der Waals surface area contributed by atoms with Gasteiger partial charge in [0.05, 0.1) is 12.5 Å². The number of esters is 1. The molecule has 2 aromatic rings. The van der Waals surface area contributed by atoms with Crippen molar-refractivity contribution in [3.63, 3.8) is 0 Å². The van der Waals surface area contributed by atoms with E-state index in [0.29, 0.717) is 18.0 Å². The van der Waals surface area contributed by atoms with Crippen LogP contribution < -0.4 is 15.0 Å². The van der Waals surface area contributed by atoms with Crippen LogP contribution in [-0.2, 0) is 19.1 Å². The molecule has 3 rings (SSSR count). The Morgan fingerprint density at radius 2 is 1.87 bits per heavy atom. The minimum absolute atomic E-state index is 0.0530. The second kappa shape index (κ2) is 9.64. The van der Waals surface area contributed by atoms with Crippen LogP contribution >= 0.6 is 0 Å². The molecule has 1 aliphatic rings. The maximum Gasteiger partial charge on any atom is 0.312 e. The van der Waals surface area contributed by atoms with Crippen LogP contribution in [0, 0.1) is 19.8 Å². The van der Waals surface area contributed by atoms with Gasteiger partial charge < -0.3 is 19.7 Å². The van der Waals surface area contributed by atoms with Gasteiger partial charge in [-0.25, -0.2) is 0 Å². The van der Waals surface area contributed by atoms with Crippen LogP contribution in [0.15, 0.2) is 42.5 Å². The van der Waals surface area contributed by atoms with Crippen molar-refractivity contribution in [2.24, 2.45) is 5.92 Å². The summed E-state index contributed by atoms with van der Waals surface area (Å²) in [5.41, 5.74) is 3.40. The Morgan fingerprint density at radius 3 is 2.52 bits per heavy atom. The molecule has 164 valence electrons. The molecule has 1 N–H and O–H groups in total. The average Bonchev–Trinajstić information content (AvgIpc) is 3.12. The molecule has 1 aliphatic heterocycles. The SMILES string of the molecule is CCOc1ccc(N2CC(C(=O)OC(C)C(=O)Nc3ccc(C)cc3C)CC2=O)cc1. The largest absolute Gasteiger partial charge is 0.494 e. The van der Waals surface area contributed by atoms with E-state index >= 15 is 0 Å². The quantitative estimate of drug-likeness (QED) is 0.686. The van der Waals surface area contributed by atoms with Crippen LogP contribution in [0.4, 0.5) is 11.4 Å². The number of ether oxygens (including phenoxy) is 2. The van der Waals surface area contributed by atoms with E-state index in [0.717, 1.165) is 16.9 Å². The fourth-order valence-electron chi connectivity index (χ4n) is 3.52. The van der Waals surface area contributed by atoms with Crippen LogP contribution in [0.2, 0.25) is 0 Å². The Kier molecular flexibility index (Phi) is 6.95. The number of benzene rings is 2. The molecule has 2 aromatic carbocycles. The molecule has 2 unspecified atom stereocenters. The van der Waals surface area contributed by atoms with Gasteiger partial charge in [-0.05, 0) is 63.6 Å². The highest BCUT2D eigenvalue weighted by Gasteiger charge is 2.37. The minimum atomic E-state index is -0.970. The molecule has 1 heterocycles. The number of hydrogen-bond donors (Lipinski definition) is 1. The topological polar surface area (TPSA) is 84.9 Å². The van der Waals surface area contributed by atoms with Crippen LogP contribution in [0.25, 0.3) is 0 Å². The van der Waals surface area contributed by atoms with Gasteiger partial charge in [0, 0.05) is 24.3 Å². The summed E-state index contributed by atoms with van der Waals surface area (Å²) in [5, 5.41) is 2.79. The second-order valence-electron chi connectivity index (χ2n) is 7.72. The smallest absolute Gasteiger partial charge is 0.312 e. The van der Waals surface area contributed by atoms with E-state index in [1.165, 1.54) is 6.92 Å². The second-order valence-corrected chi connectivity index (χ2v) is 7.72. The molecular formula is C24H28N2O5. The Labute approximate surface area is 182 Å². The van der Waals surface area contributed by atoms with Gasteiger partial charge in [-0.3, -0.25) is 14.4 Å². The predicted molar refractivity (Wildman–Crippen MR) is 118 cm³/mol. The molecule has 0 spiro atoms. The third-order valence-corrected chi connectivity index (χ3v) is 5.22. The van der Waals surface area contributed by atoms with Crippen LogP contribution in [0.3, 0.4) is 0 Å². The molecule has 0 aliphatic carbocycles. The lowest BCUT2D eigenvalue weighted by atomic mass is 10.1. The summed E-state index contributed by atoms with van der Waals surface area (Å²) in [6, 6.07) is 12.8. The number of anilines is 2. The van der Waals surface area contributed by atoms with Gasteiger partial charge in [-0.1, -0.05) is 17.7 Å². The third kappa shape index (κ3) is 5.42. The van der Waals surface area contributed by atoms with Gasteiger partial charge in [-0.15, -0.1) is 0 Å². The van der Waals surface area contributed by atoms with Crippen molar-refractivity contribution in [3.05, 3.63) is 53.6 Å². The molecule has 2 atom stereocenters. The molecule has 0 saturated carbocycles. The van der Waals surface area contributed by atoms with Crippen molar-refractivity contribution >= 4 is 29.2 Å². The van der Waals surface area contributed by atoms with Gasteiger partial charge in [-0.2, -0.15) is 0 Å². The summed E-state index contributed by atoms with van der Waals surface area (Å²) >= 11 is 0. The van der Waals surface area contributed by atoms with E-state index in [1.807, 2.05) is 39.0 Å². The highest BCUT2D eigenvalue weighted by Crippen LogP contribution is 2.28. The molecule has 7 heteroatoms. The first-order valence-corrected chi connectivity index (χ1v) is 10.4. The van der Waals surface area contributed by atoms with E-state index in [2.05, 4.69) is 5.32 Å². The first-order chi connectivity index (χ1) is 14.8. The molecule has 31 heavy (non-hydrogen) atoms. The van der Waals surface area contributed by atoms with E-state index in [1.54, 1.807) is 29.2 Å². The third-order valence-electron chi connectivity index (χ3n) is 5.22. The lowest BCUT2D eigenvalue weighted by molar-refractivity contribution is -0.157. The number of carbonyl (C=O) groups is 3. The normalized spacial score (nSPS) is 16.7. The number of amides is 2. The zero-order valence-corrected chi connectivity index (χ0v) is 18.3. The van der Waals surface area contributed by atoms with E-state index in [9.17, 15) is 14.4 Å². The number of hydrogen-bond acceptors (Lipinski definition) is 5. The van der Waals surface area contributed by atoms with E-state index in [-0.39, 0.29) is 18.9 Å². The number of carbonyl (C=O) groups excluding carboxylic acids is 3. The molecular weight excluding hydrogens is 396 g/mol. The minimum Gasteiger partial charge on any atom is -0.494 e. The van der Waals surface area contributed by atoms with Crippen molar-refractivity contribution in [1.29, 1.82) is 0 Å². The summed E-state index contributed by atoms with van der Waals surface area (Å²) in [6.07, 6.45) is -0.917. The van der Waals surface area contributed by atoms with Crippen molar-refractivity contribution in [2.75, 3.05) is 23.4 Å². The summed E-state index contributed by atoms with van der Waals surface area (Å²) in [5.74, 6) is -1.01. The number of nitrogens with one attached hydrogen (secondary N) is 1. The van der Waals surface area contributed by atoms with Crippen LogP contribution in [0.1, 0.15) is 31.4 Å². The molecule has 7 nitrogen and oxygen atoms in total. The first kappa shape index (κ1) is 22.3. The summed E-state index contributed by atoms with van der Waals surface area (Å²) in [7, 11) is 0. The molecule has 0 aromatic heterocycles. The Hall–Kier alpha value is -3.35. The fourth-order valence-corrected chi connectivity index (χ4v) is 3.52. The van der Waals surface area contributed by atoms with Crippen molar-refractivity contribution in [3.8, 4) is 5.75 Å². The Balaban J connectivity index is 1.57. The summed E-state index contributed by atoms with van der Waals surface area (Å²) < 4.78 is 10.8. The van der Waals surface area contributed by atoms with Crippen molar-refractivity contribution in [1.82, 2.24) is 0 Å².